The Balaban J connectivity index is 2.48. The largest absolute Gasteiger partial charge is 0.493 e. The lowest BCUT2D eigenvalue weighted by Crippen LogP contribution is -2.26. The van der Waals surface area contributed by atoms with E-state index in [1.807, 2.05) is 12.1 Å². The maximum absolute atomic E-state index is 5.49. The van der Waals surface area contributed by atoms with Gasteiger partial charge in [0.1, 0.15) is 0 Å². The number of benzene rings is 1. The molecule has 82 valence electrons. The number of nitrogens with one attached hydrogen (secondary N) is 1. The van der Waals surface area contributed by atoms with Gasteiger partial charge in [0.05, 0.1) is 14.2 Å². The first-order chi connectivity index (χ1) is 7.31. The van der Waals surface area contributed by atoms with E-state index in [9.17, 15) is 0 Å². The fourth-order valence-electron chi connectivity index (χ4n) is 2.21. The summed E-state index contributed by atoms with van der Waals surface area (Å²) in [6.07, 6.45) is 1.99. The minimum absolute atomic E-state index is 0.236. The normalized spacial score (nSPS) is 18.7. The Bertz CT molecular complexity index is 366. The Labute approximate surface area is 89.3 Å². The van der Waals surface area contributed by atoms with E-state index in [1.165, 1.54) is 11.1 Å². The van der Waals surface area contributed by atoms with Gasteiger partial charge < -0.3 is 9.47 Å². The molecule has 1 aromatic carbocycles. The van der Waals surface area contributed by atoms with Crippen molar-refractivity contribution in [3.63, 3.8) is 0 Å². The Morgan fingerprint density at radius 1 is 1.33 bits per heavy atom. The molecule has 0 aliphatic heterocycles. The molecule has 1 aliphatic rings. The van der Waals surface area contributed by atoms with Crippen LogP contribution in [0.2, 0.25) is 0 Å². The van der Waals surface area contributed by atoms with Crippen LogP contribution in [0.25, 0.3) is 0 Å². The minimum atomic E-state index is 0.236. The molecule has 0 fully saturated rings. The third-order valence-corrected chi connectivity index (χ3v) is 2.94. The van der Waals surface area contributed by atoms with Crippen molar-refractivity contribution in [3.8, 4) is 11.5 Å². The third kappa shape index (κ3) is 1.56. The molecule has 0 saturated carbocycles. The molecule has 3 N–H and O–H groups in total. The number of rotatable bonds is 3. The highest BCUT2D eigenvalue weighted by Crippen LogP contribution is 2.41. The summed E-state index contributed by atoms with van der Waals surface area (Å²) in [6, 6.07) is 4.21. The second-order valence-corrected chi connectivity index (χ2v) is 3.63. The van der Waals surface area contributed by atoms with E-state index in [-0.39, 0.29) is 6.04 Å². The zero-order chi connectivity index (χ0) is 10.8. The second kappa shape index (κ2) is 4.08. The van der Waals surface area contributed by atoms with Crippen LogP contribution in [0.1, 0.15) is 23.6 Å². The molecule has 0 spiro atoms. The molecule has 4 heteroatoms. The standard InChI is InChI=1S/C11H16N2O2/c1-14-10-6-4-7-8(11(10)15-2)3-5-9(7)13-12/h4,6,9,13H,3,5,12H2,1-2H3/t9-/m0/s1. The smallest absolute Gasteiger partial charge is 0.164 e. The highest BCUT2D eigenvalue weighted by Gasteiger charge is 2.26. The Morgan fingerprint density at radius 2 is 2.13 bits per heavy atom. The summed E-state index contributed by atoms with van der Waals surface area (Å²) < 4.78 is 10.6. The van der Waals surface area contributed by atoms with Crippen LogP contribution >= 0.6 is 0 Å². The van der Waals surface area contributed by atoms with Crippen LogP contribution in [-0.4, -0.2) is 14.2 Å². The van der Waals surface area contributed by atoms with Crippen molar-refractivity contribution in [2.75, 3.05) is 14.2 Å². The molecule has 1 atom stereocenters. The molecule has 0 heterocycles. The zero-order valence-electron chi connectivity index (χ0n) is 9.04. The summed E-state index contributed by atoms with van der Waals surface area (Å²) in [5, 5.41) is 0. The van der Waals surface area contributed by atoms with Crippen molar-refractivity contribution in [3.05, 3.63) is 23.3 Å². The number of ether oxygens (including phenoxy) is 2. The molecule has 15 heavy (non-hydrogen) atoms. The molecule has 0 unspecified atom stereocenters. The third-order valence-electron chi connectivity index (χ3n) is 2.94. The summed E-state index contributed by atoms with van der Waals surface area (Å²) in [6.45, 7) is 0. The molecule has 4 nitrogen and oxygen atoms in total. The molecular weight excluding hydrogens is 192 g/mol. The van der Waals surface area contributed by atoms with Crippen LogP contribution in [0.5, 0.6) is 11.5 Å². The molecule has 0 saturated heterocycles. The first-order valence-electron chi connectivity index (χ1n) is 5.01. The lowest BCUT2D eigenvalue weighted by molar-refractivity contribution is 0.352. The maximum Gasteiger partial charge on any atom is 0.164 e. The summed E-state index contributed by atoms with van der Waals surface area (Å²) in [4.78, 5) is 0. The number of hydrazine groups is 1. The lowest BCUT2D eigenvalue weighted by atomic mass is 10.1. The van der Waals surface area contributed by atoms with Gasteiger partial charge in [0.25, 0.3) is 0 Å². The van der Waals surface area contributed by atoms with Gasteiger partial charge in [0, 0.05) is 11.6 Å². The average Bonchev–Trinajstić information content (AvgIpc) is 2.70. The Kier molecular flexibility index (Phi) is 2.79. The number of methoxy groups -OCH3 is 2. The summed E-state index contributed by atoms with van der Waals surface area (Å²) in [5.41, 5.74) is 5.24. The van der Waals surface area contributed by atoms with Crippen molar-refractivity contribution in [1.29, 1.82) is 0 Å². The molecule has 0 bridgehead atoms. The lowest BCUT2D eigenvalue weighted by Gasteiger charge is -2.14. The van der Waals surface area contributed by atoms with Gasteiger partial charge in [-0.3, -0.25) is 11.3 Å². The highest BCUT2D eigenvalue weighted by molar-refractivity contribution is 5.53. The Hall–Kier alpha value is -1.26. The van der Waals surface area contributed by atoms with Crippen LogP contribution in [0.15, 0.2) is 12.1 Å². The van der Waals surface area contributed by atoms with E-state index in [0.29, 0.717) is 0 Å². The van der Waals surface area contributed by atoms with Gasteiger partial charge in [-0.15, -0.1) is 0 Å². The second-order valence-electron chi connectivity index (χ2n) is 3.63. The van der Waals surface area contributed by atoms with Gasteiger partial charge in [-0.25, -0.2) is 0 Å². The molecule has 0 aromatic heterocycles. The number of hydrogen-bond acceptors (Lipinski definition) is 4. The number of nitrogens with two attached hydrogens (primary N) is 1. The molecule has 0 amide bonds. The van der Waals surface area contributed by atoms with E-state index >= 15 is 0 Å². The first kappa shape index (κ1) is 10.3. The fraction of sp³-hybridized carbons (Fsp3) is 0.455. The van der Waals surface area contributed by atoms with E-state index in [2.05, 4.69) is 5.43 Å². The van der Waals surface area contributed by atoms with Gasteiger partial charge in [0.2, 0.25) is 0 Å². The van der Waals surface area contributed by atoms with E-state index < -0.39 is 0 Å². The van der Waals surface area contributed by atoms with Crippen LogP contribution in [0.4, 0.5) is 0 Å². The van der Waals surface area contributed by atoms with Gasteiger partial charge in [-0.1, -0.05) is 6.07 Å². The van der Waals surface area contributed by atoms with Crippen molar-refractivity contribution in [1.82, 2.24) is 5.43 Å². The first-order valence-corrected chi connectivity index (χ1v) is 5.01. The predicted molar refractivity (Wildman–Crippen MR) is 57.9 cm³/mol. The van der Waals surface area contributed by atoms with Crippen molar-refractivity contribution >= 4 is 0 Å². The van der Waals surface area contributed by atoms with Crippen molar-refractivity contribution in [2.24, 2.45) is 5.84 Å². The van der Waals surface area contributed by atoms with Crippen LogP contribution in [-0.2, 0) is 6.42 Å². The van der Waals surface area contributed by atoms with E-state index in [4.69, 9.17) is 15.3 Å². The van der Waals surface area contributed by atoms with Crippen LogP contribution < -0.4 is 20.7 Å². The van der Waals surface area contributed by atoms with E-state index in [1.54, 1.807) is 14.2 Å². The maximum atomic E-state index is 5.49. The van der Waals surface area contributed by atoms with Gasteiger partial charge in [-0.05, 0) is 24.5 Å². The average molecular weight is 208 g/mol. The molecule has 0 radical (unpaired) electrons. The molecule has 2 rings (SSSR count). The van der Waals surface area contributed by atoms with Crippen LogP contribution in [0, 0.1) is 0 Å². The van der Waals surface area contributed by atoms with Gasteiger partial charge in [0.15, 0.2) is 11.5 Å². The Morgan fingerprint density at radius 3 is 2.73 bits per heavy atom. The van der Waals surface area contributed by atoms with Crippen molar-refractivity contribution in [2.45, 2.75) is 18.9 Å². The number of fused-ring (bicyclic) bond motifs is 1. The molecule has 1 aliphatic carbocycles. The van der Waals surface area contributed by atoms with Gasteiger partial charge in [-0.2, -0.15) is 0 Å². The molecular formula is C11H16N2O2. The topological polar surface area (TPSA) is 56.5 Å². The predicted octanol–water partition coefficient (Wildman–Crippen LogP) is 1.15. The quantitative estimate of drug-likeness (QED) is 0.578. The molecule has 1 aromatic rings. The zero-order valence-corrected chi connectivity index (χ0v) is 9.04. The van der Waals surface area contributed by atoms with Crippen LogP contribution in [0.3, 0.4) is 0 Å². The summed E-state index contributed by atoms with van der Waals surface area (Å²) >= 11 is 0. The van der Waals surface area contributed by atoms with Crippen molar-refractivity contribution < 1.29 is 9.47 Å². The highest BCUT2D eigenvalue weighted by atomic mass is 16.5. The number of hydrogen-bond donors (Lipinski definition) is 2. The summed E-state index contributed by atoms with van der Waals surface area (Å²) in [5.74, 6) is 7.12. The van der Waals surface area contributed by atoms with Gasteiger partial charge >= 0.3 is 0 Å². The summed E-state index contributed by atoms with van der Waals surface area (Å²) in [7, 11) is 3.32. The SMILES string of the molecule is COc1ccc2c(c1OC)CC[C@@H]2NN. The fourth-order valence-corrected chi connectivity index (χ4v) is 2.21. The van der Waals surface area contributed by atoms with E-state index in [0.717, 1.165) is 24.3 Å². The monoisotopic (exact) mass is 208 g/mol. The minimum Gasteiger partial charge on any atom is -0.493 e.